The van der Waals surface area contributed by atoms with Crippen molar-refractivity contribution < 1.29 is 4.74 Å². The van der Waals surface area contributed by atoms with E-state index < -0.39 is 0 Å². The quantitative estimate of drug-likeness (QED) is 0.664. The molecule has 1 aliphatic heterocycles. The molecule has 1 aromatic rings. The molecule has 0 aromatic heterocycles. The van der Waals surface area contributed by atoms with Crippen LogP contribution in [0.1, 0.15) is 30.9 Å². The van der Waals surface area contributed by atoms with Crippen molar-refractivity contribution in [1.29, 1.82) is 0 Å². The van der Waals surface area contributed by atoms with Crippen LogP contribution in [0.4, 0.5) is 0 Å². The summed E-state index contributed by atoms with van der Waals surface area (Å²) < 4.78 is 5.75. The maximum Gasteiger partial charge on any atom is 0.125 e. The lowest BCUT2D eigenvalue weighted by molar-refractivity contribution is 0.321. The first kappa shape index (κ1) is 15.3. The fraction of sp³-hybridized carbons (Fsp3) is 0.600. The van der Waals surface area contributed by atoms with E-state index in [4.69, 9.17) is 39.5 Å². The molecule has 106 valence electrons. The van der Waals surface area contributed by atoms with E-state index in [2.05, 4.69) is 6.92 Å². The van der Waals surface area contributed by atoms with Crippen LogP contribution in [0.25, 0.3) is 0 Å². The van der Waals surface area contributed by atoms with E-state index in [0.29, 0.717) is 11.8 Å². The van der Waals surface area contributed by atoms with Crippen LogP contribution in [0.15, 0.2) is 12.1 Å². The SMILES string of the molecule is CCCC(CCl)(CCl)Cc1cc(Cl)cc2c1OCC2. The predicted molar refractivity (Wildman–Crippen MR) is 83.1 cm³/mol. The summed E-state index contributed by atoms with van der Waals surface area (Å²) in [6.07, 6.45) is 3.85. The largest absolute Gasteiger partial charge is 0.493 e. The van der Waals surface area contributed by atoms with Crippen LogP contribution in [0.5, 0.6) is 5.75 Å². The zero-order chi connectivity index (χ0) is 13.9. The second-order valence-electron chi connectivity index (χ2n) is 5.35. The number of ether oxygens (including phenoxy) is 1. The molecule has 1 heterocycles. The molecule has 0 unspecified atom stereocenters. The number of halogens is 3. The van der Waals surface area contributed by atoms with Gasteiger partial charge in [-0.2, -0.15) is 0 Å². The molecule has 19 heavy (non-hydrogen) atoms. The first-order valence-electron chi connectivity index (χ1n) is 6.70. The number of fused-ring (bicyclic) bond motifs is 1. The van der Waals surface area contributed by atoms with Crippen molar-refractivity contribution in [3.63, 3.8) is 0 Å². The third-order valence-electron chi connectivity index (χ3n) is 3.74. The Balaban J connectivity index is 2.31. The molecule has 0 aliphatic carbocycles. The number of rotatable bonds is 6. The van der Waals surface area contributed by atoms with Crippen molar-refractivity contribution in [3.05, 3.63) is 28.3 Å². The lowest BCUT2D eigenvalue weighted by Crippen LogP contribution is -2.28. The molecular weight excluding hydrogens is 303 g/mol. The smallest absolute Gasteiger partial charge is 0.125 e. The summed E-state index contributed by atoms with van der Waals surface area (Å²) in [4.78, 5) is 0. The van der Waals surface area contributed by atoms with Gasteiger partial charge in [0.1, 0.15) is 5.75 Å². The third-order valence-corrected chi connectivity index (χ3v) is 5.09. The first-order chi connectivity index (χ1) is 9.14. The average Bonchev–Trinajstić information content (AvgIpc) is 2.86. The van der Waals surface area contributed by atoms with Gasteiger partial charge in [-0.25, -0.2) is 0 Å². The Labute approximate surface area is 130 Å². The standard InChI is InChI=1S/C15H19Cl3O/c1-2-4-15(9-16,10-17)8-12-7-13(18)6-11-3-5-19-14(11)12/h6-7H,2-5,8-10H2,1H3. The van der Waals surface area contributed by atoms with E-state index in [-0.39, 0.29) is 5.41 Å². The van der Waals surface area contributed by atoms with E-state index in [0.717, 1.165) is 48.6 Å². The van der Waals surface area contributed by atoms with Gasteiger partial charge in [0, 0.05) is 28.6 Å². The molecule has 1 aliphatic rings. The lowest BCUT2D eigenvalue weighted by Gasteiger charge is -2.30. The molecule has 2 rings (SSSR count). The molecule has 0 N–H and O–H groups in total. The van der Waals surface area contributed by atoms with Crippen LogP contribution in [0.3, 0.4) is 0 Å². The van der Waals surface area contributed by atoms with E-state index in [1.54, 1.807) is 0 Å². The molecule has 0 amide bonds. The summed E-state index contributed by atoms with van der Waals surface area (Å²) in [5, 5.41) is 0.772. The Hall–Kier alpha value is -0.110. The zero-order valence-electron chi connectivity index (χ0n) is 11.1. The Morgan fingerprint density at radius 2 is 2.00 bits per heavy atom. The Morgan fingerprint density at radius 3 is 2.63 bits per heavy atom. The normalized spacial score (nSPS) is 14.3. The number of benzene rings is 1. The summed E-state index contributed by atoms with van der Waals surface area (Å²) in [7, 11) is 0. The van der Waals surface area contributed by atoms with E-state index in [9.17, 15) is 0 Å². The highest BCUT2D eigenvalue weighted by molar-refractivity contribution is 6.30. The van der Waals surface area contributed by atoms with Gasteiger partial charge in [-0.15, -0.1) is 23.2 Å². The molecule has 0 radical (unpaired) electrons. The van der Waals surface area contributed by atoms with E-state index in [1.807, 2.05) is 12.1 Å². The second-order valence-corrected chi connectivity index (χ2v) is 6.32. The molecule has 0 spiro atoms. The van der Waals surface area contributed by atoms with Crippen molar-refractivity contribution in [2.75, 3.05) is 18.4 Å². The fourth-order valence-electron chi connectivity index (χ4n) is 2.76. The van der Waals surface area contributed by atoms with Gasteiger partial charge in [0.05, 0.1) is 6.61 Å². The summed E-state index contributed by atoms with van der Waals surface area (Å²) >= 11 is 18.6. The summed E-state index contributed by atoms with van der Waals surface area (Å²) in [6.45, 7) is 2.90. The summed E-state index contributed by atoms with van der Waals surface area (Å²) in [5.74, 6) is 2.12. The van der Waals surface area contributed by atoms with E-state index in [1.165, 1.54) is 5.56 Å². The molecule has 1 aromatic carbocycles. The Morgan fingerprint density at radius 1 is 1.26 bits per heavy atom. The topological polar surface area (TPSA) is 9.23 Å². The van der Waals surface area contributed by atoms with Crippen LogP contribution in [0, 0.1) is 5.41 Å². The fourth-order valence-corrected chi connectivity index (χ4v) is 3.77. The van der Waals surface area contributed by atoms with Crippen molar-refractivity contribution in [2.45, 2.75) is 32.6 Å². The molecule has 0 atom stereocenters. The Kier molecular flexibility index (Phi) is 5.28. The van der Waals surface area contributed by atoms with Crippen molar-refractivity contribution in [2.24, 2.45) is 5.41 Å². The number of alkyl halides is 2. The minimum atomic E-state index is -0.0672. The van der Waals surface area contributed by atoms with E-state index >= 15 is 0 Å². The maximum absolute atomic E-state index is 6.20. The van der Waals surface area contributed by atoms with Crippen molar-refractivity contribution in [3.8, 4) is 5.75 Å². The van der Waals surface area contributed by atoms with Gasteiger partial charge in [-0.1, -0.05) is 24.9 Å². The van der Waals surface area contributed by atoms with Crippen LogP contribution in [-0.2, 0) is 12.8 Å². The van der Waals surface area contributed by atoms with Crippen LogP contribution < -0.4 is 4.74 Å². The van der Waals surface area contributed by atoms with Gasteiger partial charge < -0.3 is 4.74 Å². The predicted octanol–water partition coefficient (Wildman–Crippen LogP) is 5.08. The highest BCUT2D eigenvalue weighted by Crippen LogP contribution is 2.39. The zero-order valence-corrected chi connectivity index (χ0v) is 13.4. The highest BCUT2D eigenvalue weighted by Gasteiger charge is 2.30. The summed E-state index contributed by atoms with van der Waals surface area (Å²) in [5.41, 5.74) is 2.29. The number of hydrogen-bond donors (Lipinski definition) is 0. The molecule has 0 saturated carbocycles. The van der Waals surface area contributed by atoms with Gasteiger partial charge in [-0.05, 0) is 36.1 Å². The van der Waals surface area contributed by atoms with Crippen LogP contribution in [-0.4, -0.2) is 18.4 Å². The second kappa shape index (κ2) is 6.56. The molecule has 4 heteroatoms. The lowest BCUT2D eigenvalue weighted by atomic mass is 9.81. The van der Waals surface area contributed by atoms with Crippen LogP contribution in [0.2, 0.25) is 5.02 Å². The van der Waals surface area contributed by atoms with Gasteiger partial charge >= 0.3 is 0 Å². The Bertz CT molecular complexity index is 441. The minimum Gasteiger partial charge on any atom is -0.493 e. The molecule has 0 bridgehead atoms. The van der Waals surface area contributed by atoms with Crippen molar-refractivity contribution in [1.82, 2.24) is 0 Å². The van der Waals surface area contributed by atoms with Gasteiger partial charge in [0.25, 0.3) is 0 Å². The van der Waals surface area contributed by atoms with Crippen LogP contribution >= 0.6 is 34.8 Å². The monoisotopic (exact) mass is 320 g/mol. The third kappa shape index (κ3) is 3.32. The highest BCUT2D eigenvalue weighted by atomic mass is 35.5. The molecular formula is C15H19Cl3O. The summed E-state index contributed by atoms with van der Waals surface area (Å²) in [6, 6.07) is 3.99. The minimum absolute atomic E-state index is 0.0672. The van der Waals surface area contributed by atoms with Gasteiger partial charge in [0.15, 0.2) is 0 Å². The average molecular weight is 322 g/mol. The van der Waals surface area contributed by atoms with Gasteiger partial charge in [0.2, 0.25) is 0 Å². The molecule has 0 saturated heterocycles. The maximum atomic E-state index is 6.20. The van der Waals surface area contributed by atoms with Crippen molar-refractivity contribution >= 4 is 34.8 Å². The molecule has 1 nitrogen and oxygen atoms in total. The molecule has 0 fully saturated rings. The number of hydrogen-bond acceptors (Lipinski definition) is 1. The van der Waals surface area contributed by atoms with Gasteiger partial charge in [-0.3, -0.25) is 0 Å². The first-order valence-corrected chi connectivity index (χ1v) is 8.15.